The molecule has 0 radical (unpaired) electrons. The zero-order chi connectivity index (χ0) is 10.6. The summed E-state index contributed by atoms with van der Waals surface area (Å²) < 4.78 is 41.6. The quantitative estimate of drug-likeness (QED) is 0.852. The summed E-state index contributed by atoms with van der Waals surface area (Å²) in [5.74, 6) is -0.212. The molecule has 1 rings (SSSR count). The van der Waals surface area contributed by atoms with Gasteiger partial charge in [0.1, 0.15) is 5.75 Å². The van der Waals surface area contributed by atoms with Crippen LogP contribution in [0.25, 0.3) is 0 Å². The van der Waals surface area contributed by atoms with E-state index >= 15 is 0 Å². The minimum Gasteiger partial charge on any atom is -0.406 e. The Morgan fingerprint density at radius 3 is 2.21 bits per heavy atom. The van der Waals surface area contributed by atoms with Crippen molar-refractivity contribution in [3.8, 4) is 5.75 Å². The molecule has 1 aromatic carbocycles. The van der Waals surface area contributed by atoms with E-state index in [-0.39, 0.29) is 5.75 Å². The molecule has 0 spiro atoms. The first-order valence-corrected chi connectivity index (χ1v) is 4.49. The molecule has 0 aliphatic heterocycles. The minimum absolute atomic E-state index is 0.212. The van der Waals surface area contributed by atoms with Gasteiger partial charge in [0.25, 0.3) is 0 Å². The highest BCUT2D eigenvalue weighted by Crippen LogP contribution is 2.22. The average Bonchev–Trinajstić information content (AvgIpc) is 2.06. The van der Waals surface area contributed by atoms with E-state index in [4.69, 9.17) is 0 Å². The van der Waals surface area contributed by atoms with Crippen molar-refractivity contribution in [2.75, 3.05) is 0 Å². The van der Waals surface area contributed by atoms with Gasteiger partial charge in [-0.25, -0.2) is 0 Å². The Balaban J connectivity index is 2.64. The second kappa shape index (κ2) is 4.65. The van der Waals surface area contributed by atoms with Gasteiger partial charge in [-0.2, -0.15) is 0 Å². The van der Waals surface area contributed by atoms with E-state index < -0.39 is 6.36 Å². The summed E-state index contributed by atoms with van der Waals surface area (Å²) in [6.45, 7) is 0.534. The molecule has 2 nitrogen and oxygen atoms in total. The highest BCUT2D eigenvalue weighted by atomic mass is 79.9. The number of rotatable bonds is 3. The van der Waals surface area contributed by atoms with Crippen LogP contribution >= 0.6 is 16.1 Å². The number of hydrogen-bond acceptors (Lipinski definition) is 2. The van der Waals surface area contributed by atoms with Gasteiger partial charge < -0.3 is 4.74 Å². The topological polar surface area (TPSA) is 21.3 Å². The highest BCUT2D eigenvalue weighted by molar-refractivity contribution is 9.08. The maximum Gasteiger partial charge on any atom is 0.573 e. The molecule has 1 aromatic rings. The van der Waals surface area contributed by atoms with Gasteiger partial charge in [-0.3, -0.25) is 4.34 Å². The first-order chi connectivity index (χ1) is 6.51. The van der Waals surface area contributed by atoms with Gasteiger partial charge in [-0.05, 0) is 17.7 Å². The van der Waals surface area contributed by atoms with E-state index in [0.717, 1.165) is 5.56 Å². The molecule has 0 aromatic heterocycles. The number of nitrogens with one attached hydrogen (secondary N) is 1. The van der Waals surface area contributed by atoms with Crippen molar-refractivity contribution in [1.82, 2.24) is 4.34 Å². The Morgan fingerprint density at radius 1 is 1.21 bits per heavy atom. The van der Waals surface area contributed by atoms with Gasteiger partial charge in [0.05, 0.1) is 0 Å². The molecule has 0 atom stereocenters. The molecule has 0 aliphatic rings. The number of benzene rings is 1. The molecule has 0 bridgehead atoms. The molecule has 0 aliphatic carbocycles. The summed E-state index contributed by atoms with van der Waals surface area (Å²) in [6, 6.07) is 5.64. The van der Waals surface area contributed by atoms with Crippen LogP contribution in [0.15, 0.2) is 24.3 Å². The van der Waals surface area contributed by atoms with Gasteiger partial charge in [0.2, 0.25) is 0 Å². The lowest BCUT2D eigenvalue weighted by Crippen LogP contribution is -2.17. The summed E-state index contributed by atoms with van der Waals surface area (Å²) in [6.07, 6.45) is -4.63. The fourth-order valence-electron chi connectivity index (χ4n) is 0.886. The van der Waals surface area contributed by atoms with Crippen molar-refractivity contribution < 1.29 is 17.9 Å². The van der Waals surface area contributed by atoms with E-state index in [9.17, 15) is 13.2 Å². The summed E-state index contributed by atoms with van der Waals surface area (Å²) in [5, 5.41) is 0. The Hall–Kier alpha value is -0.750. The second-order valence-electron chi connectivity index (χ2n) is 2.50. The molecular formula is C8H7BrF3NO. The number of halogens is 4. The van der Waals surface area contributed by atoms with Crippen LogP contribution in [0.4, 0.5) is 13.2 Å². The van der Waals surface area contributed by atoms with Gasteiger partial charge in [0, 0.05) is 22.7 Å². The van der Waals surface area contributed by atoms with Gasteiger partial charge in [0.15, 0.2) is 0 Å². The molecule has 6 heteroatoms. The smallest absolute Gasteiger partial charge is 0.406 e. The zero-order valence-corrected chi connectivity index (χ0v) is 8.52. The number of hydrogen-bond donors (Lipinski definition) is 1. The van der Waals surface area contributed by atoms with E-state index in [0.29, 0.717) is 6.54 Å². The summed E-state index contributed by atoms with van der Waals surface area (Å²) in [4.78, 5) is 0. The van der Waals surface area contributed by atoms with Crippen molar-refractivity contribution in [2.45, 2.75) is 12.9 Å². The Labute approximate surface area is 87.4 Å². The molecule has 14 heavy (non-hydrogen) atoms. The van der Waals surface area contributed by atoms with Gasteiger partial charge >= 0.3 is 6.36 Å². The summed E-state index contributed by atoms with van der Waals surface area (Å²) in [7, 11) is 0. The summed E-state index contributed by atoms with van der Waals surface area (Å²) in [5.41, 5.74) is 0.858. The van der Waals surface area contributed by atoms with E-state index in [1.807, 2.05) is 0 Å². The molecule has 0 saturated heterocycles. The highest BCUT2D eigenvalue weighted by Gasteiger charge is 2.30. The zero-order valence-electron chi connectivity index (χ0n) is 6.94. The third kappa shape index (κ3) is 3.97. The maximum atomic E-state index is 11.7. The Bertz CT molecular complexity index is 286. The van der Waals surface area contributed by atoms with Crippen molar-refractivity contribution >= 4 is 16.1 Å². The SMILES string of the molecule is FC(F)(F)Oc1ccc(CNBr)cc1. The third-order valence-electron chi connectivity index (χ3n) is 1.43. The molecule has 1 N–H and O–H groups in total. The normalized spacial score (nSPS) is 11.4. The molecular weight excluding hydrogens is 263 g/mol. The lowest BCUT2D eigenvalue weighted by molar-refractivity contribution is -0.274. The molecule has 78 valence electrons. The Kier molecular flexibility index (Phi) is 3.77. The van der Waals surface area contributed by atoms with Crippen LogP contribution < -0.4 is 9.08 Å². The predicted octanol–water partition coefficient (Wildman–Crippen LogP) is 2.98. The van der Waals surface area contributed by atoms with Crippen molar-refractivity contribution in [1.29, 1.82) is 0 Å². The molecule has 0 saturated carbocycles. The molecule has 0 heterocycles. The van der Waals surface area contributed by atoms with Crippen LogP contribution in [-0.4, -0.2) is 6.36 Å². The summed E-state index contributed by atoms with van der Waals surface area (Å²) >= 11 is 2.99. The van der Waals surface area contributed by atoms with Crippen LogP contribution in [0.1, 0.15) is 5.56 Å². The van der Waals surface area contributed by atoms with Crippen LogP contribution in [-0.2, 0) is 6.54 Å². The van der Waals surface area contributed by atoms with Gasteiger partial charge in [-0.15, -0.1) is 13.2 Å². The van der Waals surface area contributed by atoms with E-state index in [2.05, 4.69) is 25.2 Å². The third-order valence-corrected chi connectivity index (χ3v) is 1.71. The first-order valence-electron chi connectivity index (χ1n) is 3.69. The van der Waals surface area contributed by atoms with Crippen LogP contribution in [0.5, 0.6) is 5.75 Å². The number of alkyl halides is 3. The maximum absolute atomic E-state index is 11.7. The minimum atomic E-state index is -4.63. The average molecular weight is 270 g/mol. The standard InChI is InChI=1S/C8H7BrF3NO/c9-13-5-6-1-3-7(4-2-6)14-8(10,11)12/h1-4,13H,5H2. The van der Waals surface area contributed by atoms with E-state index in [1.54, 1.807) is 12.1 Å². The Morgan fingerprint density at radius 2 is 1.79 bits per heavy atom. The monoisotopic (exact) mass is 269 g/mol. The largest absolute Gasteiger partial charge is 0.573 e. The number of ether oxygens (including phenoxy) is 1. The van der Waals surface area contributed by atoms with Crippen molar-refractivity contribution in [3.05, 3.63) is 29.8 Å². The van der Waals surface area contributed by atoms with Gasteiger partial charge in [-0.1, -0.05) is 12.1 Å². The van der Waals surface area contributed by atoms with Crippen molar-refractivity contribution in [2.24, 2.45) is 0 Å². The van der Waals surface area contributed by atoms with Crippen LogP contribution in [0.2, 0.25) is 0 Å². The van der Waals surface area contributed by atoms with Crippen LogP contribution in [0, 0.1) is 0 Å². The molecule has 0 fully saturated rings. The van der Waals surface area contributed by atoms with Crippen LogP contribution in [0.3, 0.4) is 0 Å². The first kappa shape index (κ1) is 11.3. The lowest BCUT2D eigenvalue weighted by Gasteiger charge is -2.08. The predicted molar refractivity (Wildman–Crippen MR) is 48.9 cm³/mol. The fraction of sp³-hybridized carbons (Fsp3) is 0.250. The molecule has 0 unspecified atom stereocenters. The van der Waals surface area contributed by atoms with Crippen molar-refractivity contribution in [3.63, 3.8) is 0 Å². The van der Waals surface area contributed by atoms with E-state index in [1.165, 1.54) is 12.1 Å². The second-order valence-corrected chi connectivity index (χ2v) is 3.06. The lowest BCUT2D eigenvalue weighted by atomic mass is 10.2. The molecule has 0 amide bonds. The fourth-order valence-corrected chi connectivity index (χ4v) is 1.21.